The van der Waals surface area contributed by atoms with Crippen molar-refractivity contribution in [2.45, 2.75) is 33.2 Å². The van der Waals surface area contributed by atoms with Crippen LogP contribution in [-0.4, -0.2) is 15.3 Å². The van der Waals surface area contributed by atoms with Crippen molar-refractivity contribution >= 4 is 5.78 Å². The largest absolute Gasteiger partial charge is 0.335 e. The maximum absolute atomic E-state index is 12.2. The van der Waals surface area contributed by atoms with E-state index in [0.29, 0.717) is 6.42 Å². The van der Waals surface area contributed by atoms with Crippen LogP contribution in [0.25, 0.3) is 0 Å². The van der Waals surface area contributed by atoms with Gasteiger partial charge < -0.3 is 4.57 Å². The zero-order valence-corrected chi connectivity index (χ0v) is 10.9. The highest BCUT2D eigenvalue weighted by Crippen LogP contribution is 2.09. The summed E-state index contributed by atoms with van der Waals surface area (Å²) >= 11 is 0. The van der Waals surface area contributed by atoms with Gasteiger partial charge in [0.2, 0.25) is 0 Å². The number of hydrogen-bond acceptors (Lipinski definition) is 2. The predicted octanol–water partition coefficient (Wildman–Crippen LogP) is 3.03. The Kier molecular flexibility index (Phi) is 3.92. The van der Waals surface area contributed by atoms with E-state index in [2.05, 4.69) is 11.9 Å². The monoisotopic (exact) mass is 242 g/mol. The predicted molar refractivity (Wildman–Crippen MR) is 71.7 cm³/mol. The van der Waals surface area contributed by atoms with E-state index in [9.17, 15) is 4.79 Å². The van der Waals surface area contributed by atoms with Gasteiger partial charge in [-0.25, -0.2) is 4.98 Å². The average molecular weight is 242 g/mol. The van der Waals surface area contributed by atoms with Crippen LogP contribution in [0.5, 0.6) is 0 Å². The summed E-state index contributed by atoms with van der Waals surface area (Å²) in [5.41, 5.74) is 1.87. The van der Waals surface area contributed by atoms with Crippen LogP contribution >= 0.6 is 0 Å². The molecule has 2 aromatic rings. The van der Waals surface area contributed by atoms with E-state index < -0.39 is 0 Å². The van der Waals surface area contributed by atoms with Crippen molar-refractivity contribution in [2.24, 2.45) is 0 Å². The highest BCUT2D eigenvalue weighted by molar-refractivity contribution is 5.97. The van der Waals surface area contributed by atoms with Crippen molar-refractivity contribution in [1.82, 2.24) is 9.55 Å². The fourth-order valence-corrected chi connectivity index (χ4v) is 2.02. The van der Waals surface area contributed by atoms with Crippen LogP contribution in [0, 0.1) is 6.92 Å². The Morgan fingerprint density at radius 3 is 2.94 bits per heavy atom. The molecule has 3 nitrogen and oxygen atoms in total. The summed E-state index contributed by atoms with van der Waals surface area (Å²) in [7, 11) is 0. The number of ketones is 1. The lowest BCUT2D eigenvalue weighted by atomic mass is 10.1. The summed E-state index contributed by atoms with van der Waals surface area (Å²) in [5, 5.41) is 0. The first kappa shape index (κ1) is 12.6. The minimum absolute atomic E-state index is 0.127. The highest BCUT2D eigenvalue weighted by Gasteiger charge is 2.11. The molecule has 0 aliphatic rings. The number of nitrogens with zero attached hydrogens (tertiary/aromatic N) is 2. The molecule has 0 bridgehead atoms. The van der Waals surface area contributed by atoms with Gasteiger partial charge in [0, 0.05) is 24.5 Å². The number of benzene rings is 1. The lowest BCUT2D eigenvalue weighted by molar-refractivity contribution is 0.0989. The van der Waals surface area contributed by atoms with Gasteiger partial charge in [-0.3, -0.25) is 4.79 Å². The molecule has 0 atom stereocenters. The first-order valence-electron chi connectivity index (χ1n) is 6.30. The van der Waals surface area contributed by atoms with Gasteiger partial charge in [-0.05, 0) is 19.4 Å². The Morgan fingerprint density at radius 1 is 1.39 bits per heavy atom. The maximum Gasteiger partial charge on any atom is 0.170 e. The van der Waals surface area contributed by atoms with Gasteiger partial charge >= 0.3 is 0 Å². The molecular formula is C15H18N2O. The Hall–Kier alpha value is -1.90. The summed E-state index contributed by atoms with van der Waals surface area (Å²) in [6.07, 6.45) is 5.11. The molecule has 0 saturated carbocycles. The number of aryl methyl sites for hydroxylation is 2. The fraction of sp³-hybridized carbons (Fsp3) is 0.333. The molecule has 94 valence electrons. The standard InChI is InChI=1S/C15H18N2O/c1-3-8-17-9-7-16-15(17)11-14(18)13-6-4-5-12(2)10-13/h4-7,9-10H,3,8,11H2,1-2H3. The number of aromatic nitrogens is 2. The Morgan fingerprint density at radius 2 is 2.22 bits per heavy atom. The van der Waals surface area contributed by atoms with Crippen molar-refractivity contribution in [3.8, 4) is 0 Å². The van der Waals surface area contributed by atoms with E-state index in [1.807, 2.05) is 42.0 Å². The summed E-state index contributed by atoms with van der Waals surface area (Å²) in [5.74, 6) is 0.977. The SMILES string of the molecule is CCCn1ccnc1CC(=O)c1cccc(C)c1. The molecule has 0 saturated heterocycles. The Balaban J connectivity index is 2.14. The van der Waals surface area contributed by atoms with Gasteiger partial charge in [0.1, 0.15) is 5.82 Å². The molecular weight excluding hydrogens is 224 g/mol. The topological polar surface area (TPSA) is 34.9 Å². The Labute approximate surface area is 107 Å². The third-order valence-electron chi connectivity index (χ3n) is 2.92. The van der Waals surface area contributed by atoms with Crippen molar-refractivity contribution in [3.63, 3.8) is 0 Å². The van der Waals surface area contributed by atoms with Gasteiger partial charge in [0.05, 0.1) is 6.42 Å². The third kappa shape index (κ3) is 2.86. The van der Waals surface area contributed by atoms with Gasteiger partial charge in [-0.15, -0.1) is 0 Å². The van der Waals surface area contributed by atoms with Crippen molar-refractivity contribution < 1.29 is 4.79 Å². The quantitative estimate of drug-likeness (QED) is 0.755. The molecule has 0 N–H and O–H groups in total. The summed E-state index contributed by atoms with van der Waals surface area (Å²) < 4.78 is 2.05. The fourth-order valence-electron chi connectivity index (χ4n) is 2.02. The molecule has 0 amide bonds. The maximum atomic E-state index is 12.2. The number of carbonyl (C=O) groups excluding carboxylic acids is 1. The average Bonchev–Trinajstić information content (AvgIpc) is 2.77. The molecule has 1 heterocycles. The second-order valence-corrected chi connectivity index (χ2v) is 4.51. The molecule has 2 rings (SSSR count). The van der Waals surface area contributed by atoms with E-state index in [0.717, 1.165) is 29.9 Å². The van der Waals surface area contributed by atoms with Crippen molar-refractivity contribution in [3.05, 3.63) is 53.6 Å². The van der Waals surface area contributed by atoms with Crippen molar-refractivity contribution in [1.29, 1.82) is 0 Å². The second-order valence-electron chi connectivity index (χ2n) is 4.51. The van der Waals surface area contributed by atoms with Crippen LogP contribution in [0.15, 0.2) is 36.7 Å². The summed E-state index contributed by atoms with van der Waals surface area (Å²) in [6, 6.07) is 7.70. The molecule has 0 aliphatic heterocycles. The summed E-state index contributed by atoms with van der Waals surface area (Å²) in [6.45, 7) is 5.03. The lowest BCUT2D eigenvalue weighted by Gasteiger charge is -2.06. The van der Waals surface area contributed by atoms with Crippen LogP contribution in [0.1, 0.15) is 35.1 Å². The molecule has 0 fully saturated rings. The van der Waals surface area contributed by atoms with E-state index in [1.165, 1.54) is 0 Å². The molecule has 0 spiro atoms. The van der Waals surface area contributed by atoms with Gasteiger partial charge in [0.15, 0.2) is 5.78 Å². The highest BCUT2D eigenvalue weighted by atomic mass is 16.1. The first-order valence-corrected chi connectivity index (χ1v) is 6.30. The smallest absolute Gasteiger partial charge is 0.170 e. The first-order chi connectivity index (χ1) is 8.70. The molecule has 0 radical (unpaired) electrons. The molecule has 18 heavy (non-hydrogen) atoms. The van der Waals surface area contributed by atoms with Crippen LogP contribution in [0.4, 0.5) is 0 Å². The lowest BCUT2D eigenvalue weighted by Crippen LogP contribution is -2.10. The number of hydrogen-bond donors (Lipinski definition) is 0. The van der Waals surface area contributed by atoms with Crippen LogP contribution < -0.4 is 0 Å². The minimum Gasteiger partial charge on any atom is -0.335 e. The molecule has 1 aromatic heterocycles. The molecule has 0 aliphatic carbocycles. The van der Waals surface area contributed by atoms with Crippen LogP contribution in [-0.2, 0) is 13.0 Å². The zero-order valence-electron chi connectivity index (χ0n) is 10.9. The number of imidazole rings is 1. The van der Waals surface area contributed by atoms with Gasteiger partial charge in [-0.2, -0.15) is 0 Å². The molecule has 1 aromatic carbocycles. The Bertz CT molecular complexity index is 543. The van der Waals surface area contributed by atoms with E-state index in [-0.39, 0.29) is 5.78 Å². The van der Waals surface area contributed by atoms with Gasteiger partial charge in [-0.1, -0.05) is 30.7 Å². The van der Waals surface area contributed by atoms with Crippen LogP contribution in [0.2, 0.25) is 0 Å². The van der Waals surface area contributed by atoms with E-state index in [1.54, 1.807) is 6.20 Å². The number of Topliss-reactive ketones (excluding diaryl/α,β-unsaturated/α-hetero) is 1. The normalized spacial score (nSPS) is 10.6. The third-order valence-corrected chi connectivity index (χ3v) is 2.92. The van der Waals surface area contributed by atoms with Crippen LogP contribution in [0.3, 0.4) is 0 Å². The van der Waals surface area contributed by atoms with Gasteiger partial charge in [0.25, 0.3) is 0 Å². The number of rotatable bonds is 5. The second kappa shape index (κ2) is 5.63. The van der Waals surface area contributed by atoms with Crippen molar-refractivity contribution in [2.75, 3.05) is 0 Å². The molecule has 0 unspecified atom stereocenters. The minimum atomic E-state index is 0.127. The summed E-state index contributed by atoms with van der Waals surface area (Å²) in [4.78, 5) is 16.4. The molecule has 3 heteroatoms. The zero-order chi connectivity index (χ0) is 13.0. The number of carbonyl (C=O) groups is 1. The van der Waals surface area contributed by atoms with E-state index in [4.69, 9.17) is 0 Å². The van der Waals surface area contributed by atoms with E-state index >= 15 is 0 Å².